The Hall–Kier alpha value is -0.0400. The van der Waals surface area contributed by atoms with Crippen molar-refractivity contribution in [2.45, 2.75) is 57.0 Å². The molecule has 0 aliphatic heterocycles. The van der Waals surface area contributed by atoms with E-state index in [0.29, 0.717) is 11.8 Å². The Bertz CT molecular complexity index is 195. The lowest BCUT2D eigenvalue weighted by atomic mass is 9.80. The van der Waals surface area contributed by atoms with Gasteiger partial charge in [0.15, 0.2) is 0 Å². The van der Waals surface area contributed by atoms with Crippen LogP contribution >= 0.6 is 0 Å². The number of hydrogen-bond donors (Lipinski definition) is 1. The minimum Gasteiger partial charge on any atom is -0.389 e. The molecule has 0 aromatic heterocycles. The van der Waals surface area contributed by atoms with Crippen LogP contribution < -0.4 is 0 Å². The first-order valence-corrected chi connectivity index (χ1v) is 6.03. The Kier molecular flexibility index (Phi) is 1.74. The molecule has 0 amide bonds. The van der Waals surface area contributed by atoms with Gasteiger partial charge in [0, 0.05) is 0 Å². The fourth-order valence-corrected chi connectivity index (χ4v) is 3.68. The SMILES string of the molecule is OC1(CC2CCC2)C2CCCCC21. The van der Waals surface area contributed by atoms with Crippen LogP contribution in [0.25, 0.3) is 0 Å². The van der Waals surface area contributed by atoms with E-state index in [-0.39, 0.29) is 5.60 Å². The molecule has 3 fully saturated rings. The summed E-state index contributed by atoms with van der Waals surface area (Å²) in [5, 5.41) is 10.4. The predicted octanol–water partition coefficient (Wildman–Crippen LogP) is 2.73. The van der Waals surface area contributed by atoms with E-state index in [1.54, 1.807) is 0 Å². The molecule has 0 bridgehead atoms. The lowest BCUT2D eigenvalue weighted by molar-refractivity contribution is 0.0700. The van der Waals surface area contributed by atoms with Gasteiger partial charge in [-0.25, -0.2) is 0 Å². The van der Waals surface area contributed by atoms with Crippen LogP contribution in [0.15, 0.2) is 0 Å². The molecule has 0 saturated heterocycles. The summed E-state index contributed by atoms with van der Waals surface area (Å²) in [5.74, 6) is 2.30. The van der Waals surface area contributed by atoms with E-state index in [1.807, 2.05) is 0 Å². The maximum atomic E-state index is 10.4. The molecule has 0 aromatic carbocycles. The molecule has 3 aliphatic carbocycles. The van der Waals surface area contributed by atoms with Crippen LogP contribution in [0.4, 0.5) is 0 Å². The lowest BCUT2D eigenvalue weighted by Crippen LogP contribution is -2.23. The maximum Gasteiger partial charge on any atom is 0.0713 e. The molecule has 13 heavy (non-hydrogen) atoms. The van der Waals surface area contributed by atoms with Crippen molar-refractivity contribution in [3.05, 3.63) is 0 Å². The highest BCUT2D eigenvalue weighted by molar-refractivity contribution is 5.13. The second kappa shape index (κ2) is 2.73. The molecule has 0 aromatic rings. The minimum atomic E-state index is -0.179. The van der Waals surface area contributed by atoms with Crippen LogP contribution in [0.2, 0.25) is 0 Å². The lowest BCUT2D eigenvalue weighted by Gasteiger charge is -2.28. The van der Waals surface area contributed by atoms with Gasteiger partial charge in [0.2, 0.25) is 0 Å². The Labute approximate surface area is 80.5 Å². The van der Waals surface area contributed by atoms with Crippen molar-refractivity contribution in [1.29, 1.82) is 0 Å². The van der Waals surface area contributed by atoms with Gasteiger partial charge in [0.25, 0.3) is 0 Å². The van der Waals surface area contributed by atoms with Crippen molar-refractivity contribution in [1.82, 2.24) is 0 Å². The van der Waals surface area contributed by atoms with Crippen molar-refractivity contribution in [3.8, 4) is 0 Å². The summed E-state index contributed by atoms with van der Waals surface area (Å²) in [6, 6.07) is 0. The molecule has 0 heterocycles. The summed E-state index contributed by atoms with van der Waals surface area (Å²) in [4.78, 5) is 0. The summed E-state index contributed by atoms with van der Waals surface area (Å²) >= 11 is 0. The topological polar surface area (TPSA) is 20.2 Å². The molecular formula is C12H20O. The molecule has 1 nitrogen and oxygen atoms in total. The molecular weight excluding hydrogens is 160 g/mol. The van der Waals surface area contributed by atoms with E-state index >= 15 is 0 Å². The van der Waals surface area contributed by atoms with Crippen LogP contribution in [0.1, 0.15) is 51.4 Å². The minimum absolute atomic E-state index is 0.179. The second-order valence-corrected chi connectivity index (χ2v) is 5.49. The third-order valence-electron chi connectivity index (χ3n) is 4.78. The molecule has 0 spiro atoms. The third kappa shape index (κ3) is 1.16. The summed E-state index contributed by atoms with van der Waals surface area (Å²) in [5.41, 5.74) is -0.179. The number of hydrogen-bond acceptors (Lipinski definition) is 1. The molecule has 74 valence electrons. The average Bonchev–Trinajstić information content (AvgIpc) is 2.68. The summed E-state index contributed by atoms with van der Waals surface area (Å²) < 4.78 is 0. The highest BCUT2D eigenvalue weighted by atomic mass is 16.3. The van der Waals surface area contributed by atoms with Gasteiger partial charge in [-0.2, -0.15) is 0 Å². The molecule has 3 aliphatic rings. The van der Waals surface area contributed by atoms with Gasteiger partial charge in [-0.3, -0.25) is 0 Å². The fraction of sp³-hybridized carbons (Fsp3) is 1.00. The Balaban J connectivity index is 1.62. The molecule has 1 N–H and O–H groups in total. The van der Waals surface area contributed by atoms with E-state index in [0.717, 1.165) is 12.3 Å². The van der Waals surface area contributed by atoms with Crippen molar-refractivity contribution in [3.63, 3.8) is 0 Å². The first kappa shape index (κ1) is 8.28. The molecule has 2 atom stereocenters. The monoisotopic (exact) mass is 180 g/mol. The summed E-state index contributed by atoms with van der Waals surface area (Å²) in [6.45, 7) is 0. The normalized spacial score (nSPS) is 49.6. The van der Waals surface area contributed by atoms with Crippen molar-refractivity contribution in [2.24, 2.45) is 17.8 Å². The molecule has 2 unspecified atom stereocenters. The van der Waals surface area contributed by atoms with Gasteiger partial charge < -0.3 is 5.11 Å². The molecule has 1 heteroatoms. The van der Waals surface area contributed by atoms with Gasteiger partial charge in [-0.15, -0.1) is 0 Å². The van der Waals surface area contributed by atoms with Gasteiger partial charge in [0.1, 0.15) is 0 Å². The second-order valence-electron chi connectivity index (χ2n) is 5.49. The largest absolute Gasteiger partial charge is 0.389 e. The van der Waals surface area contributed by atoms with E-state index in [4.69, 9.17) is 0 Å². The zero-order valence-corrected chi connectivity index (χ0v) is 8.34. The van der Waals surface area contributed by atoms with Crippen LogP contribution in [0, 0.1) is 17.8 Å². The zero-order valence-electron chi connectivity index (χ0n) is 8.34. The standard InChI is InChI=1S/C12H20O/c13-12(8-9-4-3-5-9)10-6-1-2-7-11(10)12/h9-11,13H,1-8H2. The first-order valence-electron chi connectivity index (χ1n) is 6.03. The van der Waals surface area contributed by atoms with Crippen LogP contribution in [-0.2, 0) is 0 Å². The average molecular weight is 180 g/mol. The Morgan fingerprint density at radius 1 is 0.923 bits per heavy atom. The van der Waals surface area contributed by atoms with Gasteiger partial charge in [-0.1, -0.05) is 32.1 Å². The van der Waals surface area contributed by atoms with Crippen molar-refractivity contribution >= 4 is 0 Å². The van der Waals surface area contributed by atoms with Crippen LogP contribution in [0.3, 0.4) is 0 Å². The van der Waals surface area contributed by atoms with Gasteiger partial charge in [0.05, 0.1) is 5.60 Å². The van der Waals surface area contributed by atoms with Gasteiger partial charge >= 0.3 is 0 Å². The number of fused-ring (bicyclic) bond motifs is 1. The highest BCUT2D eigenvalue weighted by Gasteiger charge is 2.63. The molecule has 3 saturated carbocycles. The van der Waals surface area contributed by atoms with E-state index in [2.05, 4.69) is 0 Å². The fourth-order valence-electron chi connectivity index (χ4n) is 3.68. The Morgan fingerprint density at radius 2 is 1.54 bits per heavy atom. The number of rotatable bonds is 2. The van der Waals surface area contributed by atoms with Crippen LogP contribution in [-0.4, -0.2) is 10.7 Å². The Morgan fingerprint density at radius 3 is 2.00 bits per heavy atom. The van der Waals surface area contributed by atoms with Crippen molar-refractivity contribution < 1.29 is 5.11 Å². The van der Waals surface area contributed by atoms with Crippen molar-refractivity contribution in [2.75, 3.05) is 0 Å². The highest BCUT2D eigenvalue weighted by Crippen LogP contribution is 2.62. The molecule has 0 radical (unpaired) electrons. The summed E-state index contributed by atoms with van der Waals surface area (Å²) in [6.07, 6.45) is 10.7. The smallest absolute Gasteiger partial charge is 0.0713 e. The van der Waals surface area contributed by atoms with E-state index < -0.39 is 0 Å². The van der Waals surface area contributed by atoms with E-state index in [1.165, 1.54) is 44.9 Å². The maximum absolute atomic E-state index is 10.4. The third-order valence-corrected chi connectivity index (χ3v) is 4.78. The predicted molar refractivity (Wildman–Crippen MR) is 52.4 cm³/mol. The quantitative estimate of drug-likeness (QED) is 0.692. The van der Waals surface area contributed by atoms with Gasteiger partial charge in [-0.05, 0) is 37.0 Å². The van der Waals surface area contributed by atoms with E-state index in [9.17, 15) is 5.11 Å². The zero-order chi connectivity index (χ0) is 8.89. The summed E-state index contributed by atoms with van der Waals surface area (Å²) in [7, 11) is 0. The molecule has 3 rings (SSSR count). The number of aliphatic hydroxyl groups is 1. The van der Waals surface area contributed by atoms with Crippen LogP contribution in [0.5, 0.6) is 0 Å². The first-order chi connectivity index (χ1) is 6.31.